The average molecular weight is 437 g/mol. The second kappa shape index (κ2) is 9.75. The predicted octanol–water partition coefficient (Wildman–Crippen LogP) is 1.91. The van der Waals surface area contributed by atoms with Gasteiger partial charge in [-0.15, -0.1) is 0 Å². The second-order valence-corrected chi connectivity index (χ2v) is 8.90. The molecular formula is C23H32O8. The van der Waals surface area contributed by atoms with Gasteiger partial charge in [-0.2, -0.15) is 0 Å². The van der Waals surface area contributed by atoms with Gasteiger partial charge in [0.2, 0.25) is 0 Å². The highest BCUT2D eigenvalue weighted by Crippen LogP contribution is 2.38. The summed E-state index contributed by atoms with van der Waals surface area (Å²) >= 11 is 0. The van der Waals surface area contributed by atoms with Gasteiger partial charge in [0.1, 0.15) is 12.4 Å². The lowest BCUT2D eigenvalue weighted by atomic mass is 9.85. The highest BCUT2D eigenvalue weighted by Gasteiger charge is 2.48. The number of allylic oxidation sites excluding steroid dienone is 1. The number of Topliss-reactive ketones (excluding diaryl/α,β-unsaturated/α-hetero) is 1. The first-order valence-electron chi connectivity index (χ1n) is 10.7. The molecule has 0 aromatic carbocycles. The normalized spacial score (nSPS) is 33.1. The second-order valence-electron chi connectivity index (χ2n) is 8.90. The minimum atomic E-state index is -1.08. The molecule has 8 heteroatoms. The molecule has 31 heavy (non-hydrogen) atoms. The molecule has 0 unspecified atom stereocenters. The van der Waals surface area contributed by atoms with E-state index < -0.39 is 24.4 Å². The molecule has 8 atom stereocenters. The minimum Gasteiger partial charge on any atom is -0.460 e. The van der Waals surface area contributed by atoms with Gasteiger partial charge < -0.3 is 29.2 Å². The van der Waals surface area contributed by atoms with Crippen LogP contribution in [-0.2, 0) is 9.47 Å². The summed E-state index contributed by atoms with van der Waals surface area (Å²) in [5.41, 5.74) is 0.960. The SMILES string of the molecule is CC(=O)c1cc(C(=O)/C=C(\C)C[C@@H]2OC[C@H](C[C@@H]3O[C@H]3[C@@H](C)[C@H](C)O)[C@@H](O)[C@H]2O)co1. The van der Waals surface area contributed by atoms with Gasteiger partial charge in [-0.1, -0.05) is 12.5 Å². The van der Waals surface area contributed by atoms with Gasteiger partial charge in [-0.25, -0.2) is 0 Å². The number of hydrogen-bond donors (Lipinski definition) is 3. The Morgan fingerprint density at radius 2 is 1.90 bits per heavy atom. The van der Waals surface area contributed by atoms with E-state index >= 15 is 0 Å². The Hall–Kier alpha value is -1.84. The van der Waals surface area contributed by atoms with Crippen molar-refractivity contribution in [1.29, 1.82) is 0 Å². The first-order chi connectivity index (χ1) is 14.6. The summed E-state index contributed by atoms with van der Waals surface area (Å²) < 4.78 is 16.5. The molecule has 172 valence electrons. The van der Waals surface area contributed by atoms with Crippen LogP contribution in [0.2, 0.25) is 0 Å². The lowest BCUT2D eigenvalue weighted by Gasteiger charge is -2.38. The molecule has 1 aromatic heterocycles. The summed E-state index contributed by atoms with van der Waals surface area (Å²) in [6, 6.07) is 1.40. The lowest BCUT2D eigenvalue weighted by Crippen LogP contribution is -2.50. The van der Waals surface area contributed by atoms with Gasteiger partial charge in [-0.3, -0.25) is 9.59 Å². The van der Waals surface area contributed by atoms with E-state index in [0.717, 1.165) is 0 Å². The number of hydrogen-bond acceptors (Lipinski definition) is 8. The highest BCUT2D eigenvalue weighted by molar-refractivity contribution is 6.06. The quantitative estimate of drug-likeness (QED) is 0.304. The zero-order valence-electron chi connectivity index (χ0n) is 18.4. The number of aliphatic hydroxyl groups is 3. The molecule has 2 aliphatic heterocycles. The molecular weight excluding hydrogens is 404 g/mol. The van der Waals surface area contributed by atoms with Crippen LogP contribution in [0.4, 0.5) is 0 Å². The van der Waals surface area contributed by atoms with Gasteiger partial charge in [0.05, 0.1) is 42.7 Å². The topological polar surface area (TPSA) is 130 Å². The minimum absolute atomic E-state index is 0.0106. The molecule has 2 fully saturated rings. The van der Waals surface area contributed by atoms with E-state index in [1.165, 1.54) is 25.3 Å². The third-order valence-electron chi connectivity index (χ3n) is 6.31. The van der Waals surface area contributed by atoms with Gasteiger partial charge in [0.25, 0.3) is 0 Å². The first-order valence-corrected chi connectivity index (χ1v) is 10.7. The summed E-state index contributed by atoms with van der Waals surface area (Å²) in [5, 5.41) is 30.8. The molecule has 0 saturated carbocycles. The number of epoxide rings is 1. The summed E-state index contributed by atoms with van der Waals surface area (Å²) in [6.45, 7) is 7.04. The summed E-state index contributed by atoms with van der Waals surface area (Å²) in [6.07, 6.45) is 0.288. The molecule has 0 radical (unpaired) electrons. The van der Waals surface area contributed by atoms with E-state index in [0.29, 0.717) is 12.0 Å². The lowest BCUT2D eigenvalue weighted by molar-refractivity contribution is -0.165. The van der Waals surface area contributed by atoms with Crippen LogP contribution in [0.3, 0.4) is 0 Å². The summed E-state index contributed by atoms with van der Waals surface area (Å²) in [7, 11) is 0. The number of aliphatic hydroxyl groups excluding tert-OH is 3. The largest absolute Gasteiger partial charge is 0.460 e. The third kappa shape index (κ3) is 5.70. The maximum absolute atomic E-state index is 12.4. The summed E-state index contributed by atoms with van der Waals surface area (Å²) in [4.78, 5) is 23.7. The van der Waals surface area contributed by atoms with Crippen LogP contribution in [-0.4, -0.2) is 70.1 Å². The van der Waals surface area contributed by atoms with Crippen molar-refractivity contribution in [3.63, 3.8) is 0 Å². The van der Waals surface area contributed by atoms with Crippen molar-refractivity contribution < 1.29 is 38.8 Å². The molecule has 1 aromatic rings. The van der Waals surface area contributed by atoms with Crippen molar-refractivity contribution in [3.8, 4) is 0 Å². The number of ether oxygens (including phenoxy) is 2. The van der Waals surface area contributed by atoms with Crippen LogP contribution >= 0.6 is 0 Å². The van der Waals surface area contributed by atoms with Crippen LogP contribution in [0, 0.1) is 11.8 Å². The zero-order chi connectivity index (χ0) is 22.9. The van der Waals surface area contributed by atoms with Crippen LogP contribution in [0.25, 0.3) is 0 Å². The monoisotopic (exact) mass is 436 g/mol. The molecule has 3 N–H and O–H groups in total. The van der Waals surface area contributed by atoms with Crippen LogP contribution in [0.5, 0.6) is 0 Å². The van der Waals surface area contributed by atoms with Gasteiger partial charge in [-0.05, 0) is 38.8 Å². The Morgan fingerprint density at radius 3 is 2.52 bits per heavy atom. The highest BCUT2D eigenvalue weighted by atomic mass is 16.6. The fourth-order valence-corrected chi connectivity index (χ4v) is 4.05. The average Bonchev–Trinajstić information content (AvgIpc) is 3.27. The van der Waals surface area contributed by atoms with E-state index in [4.69, 9.17) is 13.9 Å². The molecule has 3 rings (SSSR count). The number of rotatable bonds is 9. The third-order valence-corrected chi connectivity index (χ3v) is 6.31. The Morgan fingerprint density at radius 1 is 1.19 bits per heavy atom. The fourth-order valence-electron chi connectivity index (χ4n) is 4.05. The van der Waals surface area contributed by atoms with Crippen LogP contribution in [0.15, 0.2) is 28.4 Å². The predicted molar refractivity (Wildman–Crippen MR) is 111 cm³/mol. The molecule has 2 saturated heterocycles. The fraction of sp³-hybridized carbons (Fsp3) is 0.652. The molecule has 3 heterocycles. The van der Waals surface area contributed by atoms with Gasteiger partial charge in [0, 0.05) is 18.8 Å². The molecule has 2 aliphatic rings. The van der Waals surface area contributed by atoms with Gasteiger partial charge >= 0.3 is 0 Å². The Kier molecular flexibility index (Phi) is 7.49. The molecule has 8 nitrogen and oxygen atoms in total. The van der Waals surface area contributed by atoms with Crippen LogP contribution in [0.1, 0.15) is 61.4 Å². The maximum Gasteiger partial charge on any atom is 0.194 e. The number of ketones is 2. The smallest absolute Gasteiger partial charge is 0.194 e. The Bertz CT molecular complexity index is 825. The Balaban J connectivity index is 1.52. The summed E-state index contributed by atoms with van der Waals surface area (Å²) in [5.74, 6) is -0.688. The van der Waals surface area contributed by atoms with Crippen molar-refractivity contribution in [2.75, 3.05) is 6.61 Å². The molecule has 0 aliphatic carbocycles. The van der Waals surface area contributed by atoms with E-state index in [1.54, 1.807) is 13.8 Å². The van der Waals surface area contributed by atoms with Crippen LogP contribution < -0.4 is 0 Å². The number of carbonyl (C=O) groups is 2. The van der Waals surface area contributed by atoms with Crippen molar-refractivity contribution in [1.82, 2.24) is 0 Å². The number of carbonyl (C=O) groups excluding carboxylic acids is 2. The van der Waals surface area contributed by atoms with Crippen molar-refractivity contribution in [2.24, 2.45) is 11.8 Å². The molecule has 0 bridgehead atoms. The van der Waals surface area contributed by atoms with E-state index in [9.17, 15) is 24.9 Å². The first kappa shape index (κ1) is 23.8. The van der Waals surface area contributed by atoms with E-state index in [2.05, 4.69) is 0 Å². The number of furan rings is 1. The standard InChI is InChI=1S/C23H32O8/c1-11(5-17(26)15-7-18(14(4)25)29-9-15)6-19-22(28)21(27)16(10-30-19)8-20-23(31-20)12(2)13(3)24/h5,7,9,12-13,16,19-24,27-28H,6,8,10H2,1-4H3/b11-5+/t12-,13-,16-,19-,20-,21+,22-,23-/m0/s1. The van der Waals surface area contributed by atoms with Crippen molar-refractivity contribution >= 4 is 11.6 Å². The van der Waals surface area contributed by atoms with Gasteiger partial charge in [0.15, 0.2) is 17.3 Å². The van der Waals surface area contributed by atoms with E-state index in [1.807, 2.05) is 6.92 Å². The van der Waals surface area contributed by atoms with Crippen molar-refractivity contribution in [3.05, 3.63) is 35.3 Å². The molecule has 0 spiro atoms. The Labute approximate surface area is 181 Å². The van der Waals surface area contributed by atoms with E-state index in [-0.39, 0.29) is 60.0 Å². The molecule has 0 amide bonds. The van der Waals surface area contributed by atoms with Crippen molar-refractivity contribution in [2.45, 2.75) is 77.2 Å². The zero-order valence-corrected chi connectivity index (χ0v) is 18.4. The maximum atomic E-state index is 12.4.